The Labute approximate surface area is 243 Å². The van der Waals surface area contributed by atoms with Crippen molar-refractivity contribution in [1.82, 2.24) is 10.2 Å². The van der Waals surface area contributed by atoms with Crippen LogP contribution in [-0.2, 0) is 32.6 Å². The third-order valence-corrected chi connectivity index (χ3v) is 7.89. The number of hydrogen-bond donors (Lipinski definition) is 1. The summed E-state index contributed by atoms with van der Waals surface area (Å²) in [5, 5.41) is 3.56. The summed E-state index contributed by atoms with van der Waals surface area (Å²) in [7, 11) is -3.82. The second-order valence-electron chi connectivity index (χ2n) is 11.1. The van der Waals surface area contributed by atoms with Crippen molar-refractivity contribution in [3.05, 3.63) is 100 Å². The zero-order valence-electron chi connectivity index (χ0n) is 23.9. The minimum Gasteiger partial charge on any atom is -0.350 e. The van der Waals surface area contributed by atoms with Gasteiger partial charge in [0.2, 0.25) is 21.8 Å². The van der Waals surface area contributed by atoms with E-state index in [1.54, 1.807) is 36.4 Å². The number of nitrogens with zero attached hydrogens (tertiary/aromatic N) is 2. The van der Waals surface area contributed by atoms with Crippen molar-refractivity contribution in [2.24, 2.45) is 0 Å². The SMILES string of the molecule is Cc1ccc(N(CC(=O)N(Cc2ccc(Cl)cc2)[C@@H](Cc2ccccc2)C(=O)NC(C)(C)C)S(C)(=O)=O)cc1C. The van der Waals surface area contributed by atoms with Crippen LogP contribution >= 0.6 is 11.6 Å². The summed E-state index contributed by atoms with van der Waals surface area (Å²) < 4.78 is 26.9. The maximum Gasteiger partial charge on any atom is 0.244 e. The second kappa shape index (κ2) is 12.9. The molecule has 0 aromatic heterocycles. The first-order chi connectivity index (χ1) is 18.6. The number of amides is 2. The second-order valence-corrected chi connectivity index (χ2v) is 13.5. The molecule has 0 saturated carbocycles. The van der Waals surface area contributed by atoms with E-state index in [0.29, 0.717) is 10.7 Å². The van der Waals surface area contributed by atoms with Gasteiger partial charge < -0.3 is 10.2 Å². The summed E-state index contributed by atoms with van der Waals surface area (Å²) in [6, 6.07) is 20.8. The lowest BCUT2D eigenvalue weighted by Crippen LogP contribution is -2.56. The summed E-state index contributed by atoms with van der Waals surface area (Å²) in [5.41, 5.74) is 3.40. The number of anilines is 1. The van der Waals surface area contributed by atoms with Crippen LogP contribution in [0.1, 0.15) is 43.0 Å². The maximum absolute atomic E-state index is 14.1. The van der Waals surface area contributed by atoms with E-state index in [0.717, 1.165) is 32.8 Å². The Morgan fingerprint density at radius 3 is 2.08 bits per heavy atom. The molecule has 1 N–H and O–H groups in total. The van der Waals surface area contributed by atoms with E-state index >= 15 is 0 Å². The highest BCUT2D eigenvalue weighted by molar-refractivity contribution is 7.92. The van der Waals surface area contributed by atoms with Crippen LogP contribution in [0.5, 0.6) is 0 Å². The molecule has 1 atom stereocenters. The van der Waals surface area contributed by atoms with Gasteiger partial charge in [-0.15, -0.1) is 0 Å². The fourth-order valence-electron chi connectivity index (χ4n) is 4.29. The number of rotatable bonds is 10. The van der Waals surface area contributed by atoms with Crippen molar-refractivity contribution in [2.75, 3.05) is 17.1 Å². The Kier molecular flexibility index (Phi) is 10.0. The number of carbonyl (C=O) groups excluding carboxylic acids is 2. The standard InChI is InChI=1S/C31H38ClN3O4S/c1-22-12-17-27(18-23(22)2)35(40(6,38)39)21-29(36)34(20-25-13-15-26(32)16-14-25)28(30(37)33-31(3,4)5)19-24-10-8-7-9-11-24/h7-18,28H,19-21H2,1-6H3,(H,33,37)/t28-/m0/s1. The number of nitrogens with one attached hydrogen (secondary N) is 1. The third kappa shape index (κ3) is 8.83. The predicted molar refractivity (Wildman–Crippen MR) is 162 cm³/mol. The van der Waals surface area contributed by atoms with Gasteiger partial charge in [0.25, 0.3) is 0 Å². The number of hydrogen-bond acceptors (Lipinski definition) is 4. The van der Waals surface area contributed by atoms with Crippen molar-refractivity contribution in [2.45, 2.75) is 59.2 Å². The molecule has 9 heteroatoms. The van der Waals surface area contributed by atoms with Crippen LogP contribution in [0.25, 0.3) is 0 Å². The van der Waals surface area contributed by atoms with Gasteiger partial charge in [-0.25, -0.2) is 8.42 Å². The minimum atomic E-state index is -3.82. The van der Waals surface area contributed by atoms with Crippen LogP contribution in [0, 0.1) is 13.8 Å². The fraction of sp³-hybridized carbons (Fsp3) is 0.355. The summed E-state index contributed by atoms with van der Waals surface area (Å²) >= 11 is 6.10. The summed E-state index contributed by atoms with van der Waals surface area (Å²) in [6.07, 6.45) is 1.33. The van der Waals surface area contributed by atoms with Crippen molar-refractivity contribution < 1.29 is 18.0 Å². The molecule has 0 aliphatic carbocycles. The molecule has 7 nitrogen and oxygen atoms in total. The van der Waals surface area contributed by atoms with Crippen LogP contribution < -0.4 is 9.62 Å². The lowest BCUT2D eigenvalue weighted by molar-refractivity contribution is -0.140. The van der Waals surface area contributed by atoms with E-state index in [4.69, 9.17) is 11.6 Å². The number of halogens is 1. The highest BCUT2D eigenvalue weighted by Crippen LogP contribution is 2.23. The van der Waals surface area contributed by atoms with E-state index < -0.39 is 34.1 Å². The highest BCUT2D eigenvalue weighted by Gasteiger charge is 2.34. The summed E-state index contributed by atoms with van der Waals surface area (Å²) in [4.78, 5) is 29.3. The molecule has 3 aromatic rings. The topological polar surface area (TPSA) is 86.8 Å². The van der Waals surface area contributed by atoms with Crippen LogP contribution in [0.2, 0.25) is 5.02 Å². The Morgan fingerprint density at radius 2 is 1.52 bits per heavy atom. The first kappa shape index (κ1) is 31.2. The van der Waals surface area contributed by atoms with E-state index in [2.05, 4.69) is 5.32 Å². The average molecular weight is 584 g/mol. The largest absolute Gasteiger partial charge is 0.350 e. The van der Waals surface area contributed by atoms with Crippen LogP contribution in [0.3, 0.4) is 0 Å². The summed E-state index contributed by atoms with van der Waals surface area (Å²) in [6.45, 7) is 9.09. The molecule has 0 fully saturated rings. The molecule has 0 saturated heterocycles. The zero-order valence-corrected chi connectivity index (χ0v) is 25.5. The molecule has 214 valence electrons. The Hall–Kier alpha value is -3.36. The Bertz CT molecular complexity index is 1440. The smallest absolute Gasteiger partial charge is 0.244 e. The summed E-state index contributed by atoms with van der Waals surface area (Å²) in [5.74, 6) is -0.820. The molecular weight excluding hydrogens is 546 g/mol. The van der Waals surface area contributed by atoms with Crippen molar-refractivity contribution in [1.29, 1.82) is 0 Å². The molecular formula is C31H38ClN3O4S. The van der Waals surface area contributed by atoms with Gasteiger partial charge in [0.15, 0.2) is 0 Å². The lowest BCUT2D eigenvalue weighted by Gasteiger charge is -2.35. The van der Waals surface area contributed by atoms with Gasteiger partial charge in [-0.2, -0.15) is 0 Å². The van der Waals surface area contributed by atoms with Gasteiger partial charge in [0.1, 0.15) is 12.6 Å². The van der Waals surface area contributed by atoms with Gasteiger partial charge in [0.05, 0.1) is 11.9 Å². The number of aryl methyl sites for hydroxylation is 2. The first-order valence-electron chi connectivity index (χ1n) is 13.1. The monoisotopic (exact) mass is 583 g/mol. The molecule has 2 amide bonds. The average Bonchev–Trinajstić information content (AvgIpc) is 2.86. The first-order valence-corrected chi connectivity index (χ1v) is 15.3. The van der Waals surface area contributed by atoms with Gasteiger partial charge in [-0.1, -0.05) is 60.1 Å². The molecule has 0 radical (unpaired) electrons. The number of benzene rings is 3. The molecule has 0 aliphatic rings. The molecule has 0 bridgehead atoms. The fourth-order valence-corrected chi connectivity index (χ4v) is 5.26. The van der Waals surface area contributed by atoms with Crippen LogP contribution in [-0.4, -0.2) is 49.5 Å². The Balaban J connectivity index is 2.08. The van der Waals surface area contributed by atoms with Gasteiger partial charge in [-0.3, -0.25) is 13.9 Å². The van der Waals surface area contributed by atoms with E-state index in [-0.39, 0.29) is 18.9 Å². The van der Waals surface area contributed by atoms with Crippen molar-refractivity contribution in [3.8, 4) is 0 Å². The van der Waals surface area contributed by atoms with Crippen LogP contribution in [0.4, 0.5) is 5.69 Å². The predicted octanol–water partition coefficient (Wildman–Crippen LogP) is 5.28. The zero-order chi connectivity index (χ0) is 29.7. The maximum atomic E-state index is 14.1. The number of sulfonamides is 1. The molecule has 0 unspecified atom stereocenters. The minimum absolute atomic E-state index is 0.0929. The molecule has 40 heavy (non-hydrogen) atoms. The molecule has 3 rings (SSSR count). The van der Waals surface area contributed by atoms with Crippen LogP contribution in [0.15, 0.2) is 72.8 Å². The van der Waals surface area contributed by atoms with Gasteiger partial charge in [-0.05, 0) is 81.1 Å². The van der Waals surface area contributed by atoms with Gasteiger partial charge in [0, 0.05) is 23.5 Å². The van der Waals surface area contributed by atoms with Gasteiger partial charge >= 0.3 is 0 Å². The number of carbonyl (C=O) groups is 2. The van der Waals surface area contributed by atoms with E-state index in [1.807, 2.05) is 71.0 Å². The molecule has 3 aromatic carbocycles. The Morgan fingerprint density at radius 1 is 0.900 bits per heavy atom. The highest BCUT2D eigenvalue weighted by atomic mass is 35.5. The third-order valence-electron chi connectivity index (χ3n) is 6.49. The molecule has 0 heterocycles. The van der Waals surface area contributed by atoms with Crippen molar-refractivity contribution >= 4 is 39.1 Å². The van der Waals surface area contributed by atoms with E-state index in [9.17, 15) is 18.0 Å². The van der Waals surface area contributed by atoms with Crippen molar-refractivity contribution in [3.63, 3.8) is 0 Å². The normalized spacial score (nSPS) is 12.5. The van der Waals surface area contributed by atoms with E-state index in [1.165, 1.54) is 4.90 Å². The molecule has 0 spiro atoms. The molecule has 0 aliphatic heterocycles. The lowest BCUT2D eigenvalue weighted by atomic mass is 10.0. The quantitative estimate of drug-likeness (QED) is 0.352.